The number of carbonyl (C=O) groups excluding carboxylic acids is 1. The van der Waals surface area contributed by atoms with Crippen LogP contribution in [0.5, 0.6) is 0 Å². The van der Waals surface area contributed by atoms with E-state index in [0.29, 0.717) is 11.5 Å². The summed E-state index contributed by atoms with van der Waals surface area (Å²) in [6, 6.07) is 15.5. The van der Waals surface area contributed by atoms with Crippen LogP contribution < -0.4 is 10.6 Å². The Kier molecular flexibility index (Phi) is 6.78. The molecule has 1 amide bonds. The minimum absolute atomic E-state index is 0.127. The lowest BCUT2D eigenvalue weighted by Gasteiger charge is -2.32. The number of nitrogens with zero attached hydrogens (tertiary/aromatic N) is 4. The van der Waals surface area contributed by atoms with Crippen molar-refractivity contribution < 1.29 is 4.79 Å². The van der Waals surface area contributed by atoms with E-state index in [0.717, 1.165) is 55.4 Å². The Bertz CT molecular complexity index is 1070. The number of benzene rings is 2. The molecule has 32 heavy (non-hydrogen) atoms. The smallest absolute Gasteiger partial charge is 0.255 e. The van der Waals surface area contributed by atoms with Gasteiger partial charge in [-0.1, -0.05) is 18.2 Å². The fourth-order valence-electron chi connectivity index (χ4n) is 3.69. The van der Waals surface area contributed by atoms with Crippen LogP contribution in [0.3, 0.4) is 0 Å². The largest absolute Gasteiger partial charge is 0.324 e. The van der Waals surface area contributed by atoms with Gasteiger partial charge in [0.2, 0.25) is 5.95 Å². The highest BCUT2D eigenvalue weighted by Gasteiger charge is 2.14. The summed E-state index contributed by atoms with van der Waals surface area (Å²) in [4.78, 5) is 26.2. The molecule has 1 aliphatic rings. The van der Waals surface area contributed by atoms with Crippen LogP contribution in [-0.2, 0) is 6.54 Å². The Morgan fingerprint density at radius 2 is 1.75 bits per heavy atom. The first-order valence-electron chi connectivity index (χ1n) is 10.9. The zero-order valence-corrected chi connectivity index (χ0v) is 18.9. The number of piperazine rings is 1. The van der Waals surface area contributed by atoms with Crippen LogP contribution in [0, 0.1) is 13.8 Å². The second kappa shape index (κ2) is 9.89. The average Bonchev–Trinajstić information content (AvgIpc) is 2.78. The topological polar surface area (TPSA) is 73.4 Å². The third kappa shape index (κ3) is 5.69. The molecule has 1 aliphatic heterocycles. The number of aryl methyl sites for hydroxylation is 2. The highest BCUT2D eigenvalue weighted by atomic mass is 16.1. The van der Waals surface area contributed by atoms with Crippen molar-refractivity contribution in [1.82, 2.24) is 19.8 Å². The van der Waals surface area contributed by atoms with Gasteiger partial charge in [0.15, 0.2) is 0 Å². The Balaban J connectivity index is 1.39. The first-order chi connectivity index (χ1) is 15.5. The fraction of sp³-hybridized carbons (Fsp3) is 0.320. The zero-order valence-electron chi connectivity index (χ0n) is 18.9. The summed E-state index contributed by atoms with van der Waals surface area (Å²) in [7, 11) is 2.16. The lowest BCUT2D eigenvalue weighted by Crippen LogP contribution is -2.43. The maximum atomic E-state index is 12.8. The molecule has 3 aromatic rings. The number of amides is 1. The van der Waals surface area contributed by atoms with E-state index in [1.54, 1.807) is 6.20 Å². The van der Waals surface area contributed by atoms with E-state index in [9.17, 15) is 4.79 Å². The molecule has 0 aliphatic carbocycles. The van der Waals surface area contributed by atoms with E-state index >= 15 is 0 Å². The number of likely N-dealkylation sites (N-methyl/N-ethyl adjacent to an activating group) is 1. The quantitative estimate of drug-likeness (QED) is 0.619. The molecule has 0 saturated carbocycles. The van der Waals surface area contributed by atoms with E-state index in [1.807, 2.05) is 62.4 Å². The predicted octanol–water partition coefficient (Wildman–Crippen LogP) is 3.84. The Morgan fingerprint density at radius 3 is 2.47 bits per heavy atom. The number of anilines is 3. The second-order valence-corrected chi connectivity index (χ2v) is 8.41. The maximum Gasteiger partial charge on any atom is 0.255 e. The van der Waals surface area contributed by atoms with Crippen molar-refractivity contribution in [1.29, 1.82) is 0 Å². The van der Waals surface area contributed by atoms with Gasteiger partial charge in [-0.3, -0.25) is 9.69 Å². The van der Waals surface area contributed by atoms with Crippen LogP contribution in [0.4, 0.5) is 17.3 Å². The van der Waals surface area contributed by atoms with Crippen molar-refractivity contribution >= 4 is 23.2 Å². The Hall–Kier alpha value is -3.29. The van der Waals surface area contributed by atoms with Crippen molar-refractivity contribution in [2.24, 2.45) is 0 Å². The fourth-order valence-corrected chi connectivity index (χ4v) is 3.69. The molecule has 0 spiro atoms. The lowest BCUT2D eigenvalue weighted by atomic mass is 10.1. The number of hydrogen-bond donors (Lipinski definition) is 2. The number of rotatable bonds is 6. The SMILES string of the molecule is Cc1ccnc(Nc2cc(NC(=O)c3ccc(CN4CCN(C)CC4)cc3)ccc2C)n1. The molecule has 7 heteroatoms. The molecule has 166 valence electrons. The molecular formula is C25H30N6O. The van der Waals surface area contributed by atoms with Crippen LogP contribution >= 0.6 is 0 Å². The summed E-state index contributed by atoms with van der Waals surface area (Å²) in [5.41, 5.74) is 5.38. The second-order valence-electron chi connectivity index (χ2n) is 8.41. The molecule has 2 heterocycles. The monoisotopic (exact) mass is 430 g/mol. The highest BCUT2D eigenvalue weighted by Crippen LogP contribution is 2.23. The first-order valence-corrected chi connectivity index (χ1v) is 10.9. The van der Waals surface area contributed by atoms with Crippen molar-refractivity contribution in [3.8, 4) is 0 Å². The lowest BCUT2D eigenvalue weighted by molar-refractivity contribution is 0.102. The van der Waals surface area contributed by atoms with Crippen LogP contribution in [0.1, 0.15) is 27.2 Å². The molecular weight excluding hydrogens is 400 g/mol. The molecule has 2 aromatic carbocycles. The standard InChI is InChI=1S/C25H30N6O/c1-18-4-9-22(16-23(18)29-25-26-11-10-19(2)27-25)28-24(32)21-7-5-20(6-8-21)17-31-14-12-30(3)13-15-31/h4-11,16H,12-15,17H2,1-3H3,(H,28,32)(H,26,27,29). The molecule has 0 bridgehead atoms. The van der Waals surface area contributed by atoms with Gasteiger partial charge in [-0.2, -0.15) is 0 Å². The summed E-state index contributed by atoms with van der Waals surface area (Å²) < 4.78 is 0. The molecule has 0 atom stereocenters. The number of aromatic nitrogens is 2. The van der Waals surface area contributed by atoms with Crippen LogP contribution in [0.25, 0.3) is 0 Å². The van der Waals surface area contributed by atoms with Crippen LogP contribution in [0.15, 0.2) is 54.7 Å². The van der Waals surface area contributed by atoms with Crippen molar-refractivity contribution in [2.75, 3.05) is 43.9 Å². The van der Waals surface area contributed by atoms with Crippen molar-refractivity contribution in [3.63, 3.8) is 0 Å². The molecule has 1 fully saturated rings. The van der Waals surface area contributed by atoms with Gasteiger partial charge in [-0.15, -0.1) is 0 Å². The minimum Gasteiger partial charge on any atom is -0.324 e. The number of carbonyl (C=O) groups is 1. The molecule has 2 N–H and O–H groups in total. The Labute approximate surface area is 189 Å². The molecule has 1 saturated heterocycles. The summed E-state index contributed by atoms with van der Waals surface area (Å²) in [6.07, 6.45) is 1.72. The minimum atomic E-state index is -0.127. The highest BCUT2D eigenvalue weighted by molar-refractivity contribution is 6.04. The summed E-state index contributed by atoms with van der Waals surface area (Å²) in [5.74, 6) is 0.408. The molecule has 1 aromatic heterocycles. The maximum absolute atomic E-state index is 12.8. The normalized spacial score (nSPS) is 14.8. The van der Waals surface area contributed by atoms with Gasteiger partial charge >= 0.3 is 0 Å². The van der Waals surface area contributed by atoms with Crippen LogP contribution in [0.2, 0.25) is 0 Å². The van der Waals surface area contributed by atoms with E-state index < -0.39 is 0 Å². The molecule has 4 rings (SSSR count). The van der Waals surface area contributed by atoms with Gasteiger partial charge in [-0.25, -0.2) is 9.97 Å². The predicted molar refractivity (Wildman–Crippen MR) is 128 cm³/mol. The summed E-state index contributed by atoms with van der Waals surface area (Å²) >= 11 is 0. The third-order valence-corrected chi connectivity index (χ3v) is 5.75. The van der Waals surface area contributed by atoms with Gasteiger partial charge in [-0.05, 0) is 62.4 Å². The van der Waals surface area contributed by atoms with E-state index in [-0.39, 0.29) is 5.91 Å². The average molecular weight is 431 g/mol. The van der Waals surface area contributed by atoms with Gasteiger partial charge in [0.25, 0.3) is 5.91 Å². The zero-order chi connectivity index (χ0) is 22.5. The van der Waals surface area contributed by atoms with Crippen molar-refractivity contribution in [2.45, 2.75) is 20.4 Å². The summed E-state index contributed by atoms with van der Waals surface area (Å²) in [5, 5.41) is 6.23. The third-order valence-electron chi connectivity index (χ3n) is 5.75. The van der Waals surface area contributed by atoms with Gasteiger partial charge in [0.05, 0.1) is 0 Å². The molecule has 0 unspecified atom stereocenters. The van der Waals surface area contributed by atoms with Gasteiger partial charge < -0.3 is 15.5 Å². The van der Waals surface area contributed by atoms with Gasteiger partial charge in [0.1, 0.15) is 0 Å². The molecule has 7 nitrogen and oxygen atoms in total. The van der Waals surface area contributed by atoms with E-state index in [1.165, 1.54) is 5.56 Å². The van der Waals surface area contributed by atoms with Gasteiger partial charge in [0, 0.05) is 61.6 Å². The number of hydrogen-bond acceptors (Lipinski definition) is 6. The van der Waals surface area contributed by atoms with E-state index in [4.69, 9.17) is 0 Å². The number of nitrogens with one attached hydrogen (secondary N) is 2. The Morgan fingerprint density at radius 1 is 1.00 bits per heavy atom. The first kappa shape index (κ1) is 21.9. The summed E-state index contributed by atoms with van der Waals surface area (Å²) in [6.45, 7) is 9.21. The van der Waals surface area contributed by atoms with Crippen LogP contribution in [-0.4, -0.2) is 58.9 Å². The van der Waals surface area contributed by atoms with E-state index in [2.05, 4.69) is 37.4 Å². The molecule has 0 radical (unpaired) electrons. The van der Waals surface area contributed by atoms with Crippen molar-refractivity contribution in [3.05, 3.63) is 77.1 Å².